The molecule has 0 aliphatic rings. The van der Waals surface area contributed by atoms with Crippen molar-refractivity contribution in [1.82, 2.24) is 5.43 Å². The average Bonchev–Trinajstić information content (AvgIpc) is 2.71. The number of fused-ring (bicyclic) bond motifs is 1. The van der Waals surface area contributed by atoms with E-state index in [1.54, 1.807) is 20.3 Å². The summed E-state index contributed by atoms with van der Waals surface area (Å²) in [6, 6.07) is 19.0. The molecule has 0 aliphatic heterocycles. The lowest BCUT2D eigenvalue weighted by Gasteiger charge is -2.09. The lowest BCUT2D eigenvalue weighted by molar-refractivity contribution is -0.123. The van der Waals surface area contributed by atoms with Gasteiger partial charge in [0.2, 0.25) is 0 Å². The molecule has 0 aromatic heterocycles. The molecular formula is C21H20N2O4. The van der Waals surface area contributed by atoms with Gasteiger partial charge in [-0.3, -0.25) is 4.79 Å². The van der Waals surface area contributed by atoms with E-state index in [0.29, 0.717) is 22.8 Å². The van der Waals surface area contributed by atoms with Gasteiger partial charge in [-0.1, -0.05) is 36.4 Å². The molecule has 6 heteroatoms. The van der Waals surface area contributed by atoms with Crippen molar-refractivity contribution < 1.29 is 19.0 Å². The van der Waals surface area contributed by atoms with Crippen LogP contribution in [0.15, 0.2) is 65.8 Å². The van der Waals surface area contributed by atoms with Crippen LogP contribution in [-0.2, 0) is 4.79 Å². The molecule has 3 aromatic rings. The summed E-state index contributed by atoms with van der Waals surface area (Å²) < 4.78 is 16.1. The van der Waals surface area contributed by atoms with Gasteiger partial charge in [0.25, 0.3) is 5.91 Å². The number of nitrogens with zero attached hydrogens (tertiary/aromatic N) is 1. The number of rotatable bonds is 7. The van der Waals surface area contributed by atoms with Gasteiger partial charge in [-0.15, -0.1) is 0 Å². The Labute approximate surface area is 157 Å². The molecule has 3 aromatic carbocycles. The fourth-order valence-corrected chi connectivity index (χ4v) is 2.63. The number of nitrogens with one attached hydrogen (secondary N) is 1. The van der Waals surface area contributed by atoms with Crippen molar-refractivity contribution in [2.75, 3.05) is 20.8 Å². The Kier molecular flexibility index (Phi) is 5.89. The van der Waals surface area contributed by atoms with Crippen molar-refractivity contribution in [3.05, 3.63) is 66.2 Å². The summed E-state index contributed by atoms with van der Waals surface area (Å²) in [7, 11) is 3.11. The lowest BCUT2D eigenvalue weighted by atomic mass is 10.1. The van der Waals surface area contributed by atoms with Gasteiger partial charge in [-0.25, -0.2) is 5.43 Å². The summed E-state index contributed by atoms with van der Waals surface area (Å²) in [4.78, 5) is 11.9. The SMILES string of the molecule is COc1cccc(/C=N/NC(=O)COc2ccc3ccccc3c2)c1OC. The maximum Gasteiger partial charge on any atom is 0.277 e. The number of ether oxygens (including phenoxy) is 3. The lowest BCUT2D eigenvalue weighted by Crippen LogP contribution is -2.24. The third kappa shape index (κ3) is 4.55. The van der Waals surface area contributed by atoms with Crippen molar-refractivity contribution >= 4 is 22.9 Å². The maximum absolute atomic E-state index is 11.9. The van der Waals surface area contributed by atoms with E-state index in [4.69, 9.17) is 14.2 Å². The van der Waals surface area contributed by atoms with Gasteiger partial charge in [0.05, 0.1) is 20.4 Å². The first-order chi connectivity index (χ1) is 13.2. The molecule has 1 N–H and O–H groups in total. The molecule has 1 amide bonds. The minimum Gasteiger partial charge on any atom is -0.493 e. The van der Waals surface area contributed by atoms with Gasteiger partial charge < -0.3 is 14.2 Å². The minimum atomic E-state index is -0.360. The molecule has 0 heterocycles. The molecule has 0 unspecified atom stereocenters. The van der Waals surface area contributed by atoms with Crippen molar-refractivity contribution in [3.63, 3.8) is 0 Å². The number of para-hydroxylation sites is 1. The number of carbonyl (C=O) groups excluding carboxylic acids is 1. The Morgan fingerprint density at radius 2 is 1.81 bits per heavy atom. The Balaban J connectivity index is 1.57. The standard InChI is InChI=1S/C21H20N2O4/c1-25-19-9-5-8-17(21(19)26-2)13-22-23-20(24)14-27-18-11-10-15-6-3-4-7-16(15)12-18/h3-13H,14H2,1-2H3,(H,23,24)/b22-13+. The molecule has 0 bridgehead atoms. The second-order valence-electron chi connectivity index (χ2n) is 5.67. The summed E-state index contributed by atoms with van der Waals surface area (Å²) in [6.07, 6.45) is 1.50. The number of methoxy groups -OCH3 is 2. The summed E-state index contributed by atoms with van der Waals surface area (Å²) in [6.45, 7) is -0.134. The zero-order valence-electron chi connectivity index (χ0n) is 15.1. The Morgan fingerprint density at radius 3 is 2.59 bits per heavy atom. The highest BCUT2D eigenvalue weighted by molar-refractivity contribution is 5.87. The number of hydrogen-bond donors (Lipinski definition) is 1. The number of benzene rings is 3. The van der Waals surface area contributed by atoms with Crippen LogP contribution in [0.1, 0.15) is 5.56 Å². The first-order valence-electron chi connectivity index (χ1n) is 8.36. The van der Waals surface area contributed by atoms with Crippen molar-refractivity contribution in [2.45, 2.75) is 0 Å². The van der Waals surface area contributed by atoms with Gasteiger partial charge in [0.1, 0.15) is 5.75 Å². The Hall–Kier alpha value is -3.54. The molecule has 0 atom stereocenters. The molecule has 3 rings (SSSR count). The van der Waals surface area contributed by atoms with Crippen LogP contribution in [0.3, 0.4) is 0 Å². The van der Waals surface area contributed by atoms with Crippen LogP contribution in [0.5, 0.6) is 17.2 Å². The number of hydrogen-bond acceptors (Lipinski definition) is 5. The third-order valence-electron chi connectivity index (χ3n) is 3.92. The topological polar surface area (TPSA) is 69.2 Å². The van der Waals surface area contributed by atoms with Crippen LogP contribution in [0.25, 0.3) is 10.8 Å². The number of carbonyl (C=O) groups is 1. The van der Waals surface area contributed by atoms with Gasteiger partial charge >= 0.3 is 0 Å². The van der Waals surface area contributed by atoms with E-state index in [1.165, 1.54) is 6.21 Å². The van der Waals surface area contributed by atoms with E-state index in [0.717, 1.165) is 10.8 Å². The normalized spacial score (nSPS) is 10.7. The molecule has 0 saturated heterocycles. The van der Waals surface area contributed by atoms with Crippen LogP contribution < -0.4 is 19.6 Å². The zero-order chi connectivity index (χ0) is 19.1. The predicted octanol–water partition coefficient (Wildman–Crippen LogP) is 3.39. The molecule has 0 fully saturated rings. The Morgan fingerprint density at radius 1 is 1.00 bits per heavy atom. The van der Waals surface area contributed by atoms with Crippen LogP contribution >= 0.6 is 0 Å². The highest BCUT2D eigenvalue weighted by atomic mass is 16.5. The maximum atomic E-state index is 11.9. The zero-order valence-corrected chi connectivity index (χ0v) is 15.1. The number of amides is 1. The summed E-state index contributed by atoms with van der Waals surface area (Å²) in [5.41, 5.74) is 3.12. The molecule has 27 heavy (non-hydrogen) atoms. The summed E-state index contributed by atoms with van der Waals surface area (Å²) in [5.74, 6) is 1.40. The highest BCUT2D eigenvalue weighted by Crippen LogP contribution is 2.29. The van der Waals surface area contributed by atoms with E-state index < -0.39 is 0 Å². The molecule has 138 valence electrons. The fourth-order valence-electron chi connectivity index (χ4n) is 2.63. The fraction of sp³-hybridized carbons (Fsp3) is 0.143. The third-order valence-corrected chi connectivity index (χ3v) is 3.92. The van der Waals surface area contributed by atoms with E-state index >= 15 is 0 Å². The molecule has 0 saturated carbocycles. The number of hydrazone groups is 1. The van der Waals surface area contributed by atoms with Crippen molar-refractivity contribution in [3.8, 4) is 17.2 Å². The van der Waals surface area contributed by atoms with E-state index in [2.05, 4.69) is 10.5 Å². The minimum absolute atomic E-state index is 0.134. The van der Waals surface area contributed by atoms with Crippen LogP contribution in [0, 0.1) is 0 Å². The summed E-state index contributed by atoms with van der Waals surface area (Å²) >= 11 is 0. The van der Waals surface area contributed by atoms with Crippen LogP contribution in [0.4, 0.5) is 0 Å². The van der Waals surface area contributed by atoms with Gasteiger partial charge in [-0.2, -0.15) is 5.10 Å². The first kappa shape index (κ1) is 18.3. The quantitative estimate of drug-likeness (QED) is 0.515. The van der Waals surface area contributed by atoms with E-state index in [1.807, 2.05) is 54.6 Å². The monoisotopic (exact) mass is 364 g/mol. The van der Waals surface area contributed by atoms with Gasteiger partial charge in [-0.05, 0) is 35.0 Å². The van der Waals surface area contributed by atoms with Crippen molar-refractivity contribution in [1.29, 1.82) is 0 Å². The molecular weight excluding hydrogens is 344 g/mol. The molecule has 6 nitrogen and oxygen atoms in total. The molecule has 0 spiro atoms. The average molecular weight is 364 g/mol. The largest absolute Gasteiger partial charge is 0.493 e. The smallest absolute Gasteiger partial charge is 0.277 e. The van der Waals surface area contributed by atoms with Crippen LogP contribution in [-0.4, -0.2) is 32.9 Å². The highest BCUT2D eigenvalue weighted by Gasteiger charge is 2.08. The second-order valence-corrected chi connectivity index (χ2v) is 5.67. The Bertz CT molecular complexity index is 969. The molecule has 0 radical (unpaired) electrons. The van der Waals surface area contributed by atoms with Crippen molar-refractivity contribution in [2.24, 2.45) is 5.10 Å². The van der Waals surface area contributed by atoms with Gasteiger partial charge in [0.15, 0.2) is 18.1 Å². The first-order valence-corrected chi connectivity index (χ1v) is 8.36. The second kappa shape index (κ2) is 8.71. The predicted molar refractivity (Wildman–Crippen MR) is 105 cm³/mol. The van der Waals surface area contributed by atoms with Crippen LogP contribution in [0.2, 0.25) is 0 Å². The summed E-state index contributed by atoms with van der Waals surface area (Å²) in [5, 5.41) is 6.12. The van der Waals surface area contributed by atoms with E-state index in [9.17, 15) is 4.79 Å². The molecule has 0 aliphatic carbocycles. The van der Waals surface area contributed by atoms with E-state index in [-0.39, 0.29) is 12.5 Å². The van der Waals surface area contributed by atoms with Gasteiger partial charge in [0, 0.05) is 5.56 Å².